The first kappa shape index (κ1) is 23.0. The van der Waals surface area contributed by atoms with Crippen LogP contribution >= 0.6 is 0 Å². The van der Waals surface area contributed by atoms with E-state index in [0.717, 1.165) is 31.5 Å². The molecule has 1 aliphatic heterocycles. The smallest absolute Gasteiger partial charge is 0.227 e. The Hall–Kier alpha value is -2.67. The van der Waals surface area contributed by atoms with Gasteiger partial charge in [0, 0.05) is 38.7 Å². The first-order chi connectivity index (χ1) is 15.0. The molecule has 0 atom stereocenters. The van der Waals surface area contributed by atoms with Crippen molar-refractivity contribution < 1.29 is 18.3 Å². The van der Waals surface area contributed by atoms with Crippen molar-refractivity contribution in [1.82, 2.24) is 9.80 Å². The predicted octanol–water partition coefficient (Wildman–Crippen LogP) is 3.97. The topological polar surface area (TPSA) is 63.0 Å². The van der Waals surface area contributed by atoms with E-state index in [9.17, 15) is 14.0 Å². The maximum absolute atomic E-state index is 13.0. The summed E-state index contributed by atoms with van der Waals surface area (Å²) in [6, 6.07) is 7.38. The van der Waals surface area contributed by atoms with E-state index in [1.165, 1.54) is 37.3 Å². The van der Waals surface area contributed by atoms with Gasteiger partial charge >= 0.3 is 0 Å². The number of hydrogen-bond acceptors (Lipinski definition) is 5. The summed E-state index contributed by atoms with van der Waals surface area (Å²) in [6.45, 7) is 5.77. The lowest BCUT2D eigenvalue weighted by atomic mass is 10.1. The van der Waals surface area contributed by atoms with Gasteiger partial charge in [0.25, 0.3) is 0 Å². The molecule has 7 heteroatoms. The number of piperazine rings is 1. The van der Waals surface area contributed by atoms with Crippen molar-refractivity contribution in [3.63, 3.8) is 0 Å². The Morgan fingerprint density at radius 2 is 1.84 bits per heavy atom. The SMILES string of the molecule is CCCCCCC(=O)N1CCN(Cc2cc(=O)c(OCc3ccc(F)cc3)co2)CC1. The first-order valence-corrected chi connectivity index (χ1v) is 11.0. The van der Waals surface area contributed by atoms with Gasteiger partial charge < -0.3 is 14.1 Å². The van der Waals surface area contributed by atoms with E-state index in [-0.39, 0.29) is 29.5 Å². The van der Waals surface area contributed by atoms with E-state index in [0.29, 0.717) is 31.8 Å². The fourth-order valence-electron chi connectivity index (χ4n) is 3.61. The molecule has 1 saturated heterocycles. The van der Waals surface area contributed by atoms with Crippen molar-refractivity contribution >= 4 is 5.91 Å². The van der Waals surface area contributed by atoms with Gasteiger partial charge in [-0.15, -0.1) is 0 Å². The average molecular weight is 431 g/mol. The van der Waals surface area contributed by atoms with Crippen molar-refractivity contribution in [3.8, 4) is 5.75 Å². The number of carbonyl (C=O) groups is 1. The number of rotatable bonds is 10. The van der Waals surface area contributed by atoms with Crippen molar-refractivity contribution in [1.29, 1.82) is 0 Å². The lowest BCUT2D eigenvalue weighted by Crippen LogP contribution is -2.48. The quantitative estimate of drug-likeness (QED) is 0.534. The summed E-state index contributed by atoms with van der Waals surface area (Å²) in [4.78, 5) is 28.7. The molecule has 6 nitrogen and oxygen atoms in total. The molecule has 1 aliphatic rings. The first-order valence-electron chi connectivity index (χ1n) is 11.0. The fraction of sp³-hybridized carbons (Fsp3) is 0.500. The summed E-state index contributed by atoms with van der Waals surface area (Å²) in [5.41, 5.74) is 0.520. The molecule has 0 bridgehead atoms. The summed E-state index contributed by atoms with van der Waals surface area (Å²) < 4.78 is 24.1. The highest BCUT2D eigenvalue weighted by atomic mass is 19.1. The van der Waals surface area contributed by atoms with Crippen LogP contribution in [-0.4, -0.2) is 41.9 Å². The van der Waals surface area contributed by atoms with Crippen LogP contribution in [0.15, 0.2) is 45.8 Å². The summed E-state index contributed by atoms with van der Waals surface area (Å²) >= 11 is 0. The van der Waals surface area contributed by atoms with Gasteiger partial charge in [-0.1, -0.05) is 38.3 Å². The monoisotopic (exact) mass is 430 g/mol. The Labute approximate surface area is 182 Å². The van der Waals surface area contributed by atoms with Gasteiger partial charge in [0.15, 0.2) is 0 Å². The molecule has 31 heavy (non-hydrogen) atoms. The molecule has 0 N–H and O–H groups in total. The lowest BCUT2D eigenvalue weighted by molar-refractivity contribution is -0.133. The molecular formula is C24H31FN2O4. The van der Waals surface area contributed by atoms with E-state index < -0.39 is 0 Å². The zero-order valence-corrected chi connectivity index (χ0v) is 18.1. The minimum absolute atomic E-state index is 0.131. The van der Waals surface area contributed by atoms with Gasteiger partial charge in [0.1, 0.15) is 24.4 Å². The van der Waals surface area contributed by atoms with E-state index in [4.69, 9.17) is 9.15 Å². The molecule has 0 aliphatic carbocycles. The van der Waals surface area contributed by atoms with Gasteiger partial charge in [-0.25, -0.2) is 4.39 Å². The van der Waals surface area contributed by atoms with Crippen molar-refractivity contribution in [3.05, 3.63) is 64.0 Å². The Morgan fingerprint density at radius 1 is 1.10 bits per heavy atom. The highest BCUT2D eigenvalue weighted by Crippen LogP contribution is 2.14. The Kier molecular flexibility index (Phi) is 8.64. The molecule has 0 unspecified atom stereocenters. The van der Waals surface area contributed by atoms with Crippen LogP contribution in [0.25, 0.3) is 0 Å². The average Bonchev–Trinajstić information content (AvgIpc) is 2.78. The number of amides is 1. The lowest BCUT2D eigenvalue weighted by Gasteiger charge is -2.34. The van der Waals surface area contributed by atoms with Crippen molar-refractivity contribution in [2.24, 2.45) is 0 Å². The highest BCUT2D eigenvalue weighted by Gasteiger charge is 2.21. The molecule has 1 amide bonds. The summed E-state index contributed by atoms with van der Waals surface area (Å²) in [5.74, 6) is 0.625. The Morgan fingerprint density at radius 3 is 2.52 bits per heavy atom. The van der Waals surface area contributed by atoms with Crippen LogP contribution in [0.5, 0.6) is 5.75 Å². The summed E-state index contributed by atoms with van der Waals surface area (Å²) in [6.07, 6.45) is 6.40. The standard InChI is InChI=1S/C24H31FN2O4/c1-2-3-4-5-6-24(29)27-13-11-26(12-14-27)16-21-15-22(28)23(18-30-21)31-17-19-7-9-20(25)10-8-19/h7-10,15,18H,2-6,11-14,16-17H2,1H3. The van der Waals surface area contributed by atoms with Gasteiger partial charge in [0.05, 0.1) is 6.54 Å². The van der Waals surface area contributed by atoms with E-state index in [1.807, 2.05) is 4.90 Å². The molecule has 0 radical (unpaired) electrons. The zero-order valence-electron chi connectivity index (χ0n) is 18.1. The molecule has 2 aromatic rings. The van der Waals surface area contributed by atoms with Crippen LogP contribution < -0.4 is 10.2 Å². The van der Waals surface area contributed by atoms with Gasteiger partial charge in [-0.2, -0.15) is 0 Å². The third-order valence-electron chi connectivity index (χ3n) is 5.51. The molecule has 1 aromatic heterocycles. The molecule has 0 saturated carbocycles. The molecule has 1 fully saturated rings. The molecule has 3 rings (SSSR count). The summed E-state index contributed by atoms with van der Waals surface area (Å²) in [5, 5.41) is 0. The number of benzene rings is 1. The normalized spacial score (nSPS) is 14.6. The third-order valence-corrected chi connectivity index (χ3v) is 5.51. The molecule has 1 aromatic carbocycles. The predicted molar refractivity (Wildman–Crippen MR) is 116 cm³/mol. The minimum atomic E-state index is -0.315. The molecular weight excluding hydrogens is 399 g/mol. The number of ether oxygens (including phenoxy) is 1. The number of hydrogen-bond donors (Lipinski definition) is 0. The second-order valence-electron chi connectivity index (χ2n) is 7.96. The van der Waals surface area contributed by atoms with Crippen LogP contribution in [-0.2, 0) is 17.9 Å². The van der Waals surface area contributed by atoms with Crippen molar-refractivity contribution in [2.45, 2.75) is 52.2 Å². The Bertz CT molecular complexity index is 889. The highest BCUT2D eigenvalue weighted by molar-refractivity contribution is 5.76. The van der Waals surface area contributed by atoms with Gasteiger partial charge in [-0.3, -0.25) is 14.5 Å². The van der Waals surface area contributed by atoms with Gasteiger partial charge in [0.2, 0.25) is 17.1 Å². The van der Waals surface area contributed by atoms with Crippen molar-refractivity contribution in [2.75, 3.05) is 26.2 Å². The van der Waals surface area contributed by atoms with E-state index in [2.05, 4.69) is 11.8 Å². The largest absolute Gasteiger partial charge is 0.482 e. The minimum Gasteiger partial charge on any atom is -0.482 e. The van der Waals surface area contributed by atoms with Crippen LogP contribution in [0.1, 0.15) is 50.4 Å². The molecule has 168 valence electrons. The van der Waals surface area contributed by atoms with E-state index >= 15 is 0 Å². The molecule has 2 heterocycles. The van der Waals surface area contributed by atoms with Gasteiger partial charge in [-0.05, 0) is 24.1 Å². The van der Waals surface area contributed by atoms with Crippen LogP contribution in [0.3, 0.4) is 0 Å². The van der Waals surface area contributed by atoms with Crippen LogP contribution in [0.4, 0.5) is 4.39 Å². The number of unbranched alkanes of at least 4 members (excludes halogenated alkanes) is 3. The maximum Gasteiger partial charge on any atom is 0.227 e. The second kappa shape index (κ2) is 11.6. The number of halogens is 1. The maximum atomic E-state index is 13.0. The number of nitrogens with zero attached hydrogens (tertiary/aromatic N) is 2. The Balaban J connectivity index is 1.43. The fourth-order valence-corrected chi connectivity index (χ4v) is 3.61. The zero-order chi connectivity index (χ0) is 22.1. The van der Waals surface area contributed by atoms with Crippen LogP contribution in [0.2, 0.25) is 0 Å². The third kappa shape index (κ3) is 7.21. The van der Waals surface area contributed by atoms with Crippen LogP contribution in [0, 0.1) is 5.82 Å². The summed E-state index contributed by atoms with van der Waals surface area (Å²) in [7, 11) is 0. The second-order valence-corrected chi connectivity index (χ2v) is 7.96. The van der Waals surface area contributed by atoms with E-state index in [1.54, 1.807) is 12.1 Å². The number of carbonyl (C=O) groups excluding carboxylic acids is 1. The molecule has 0 spiro atoms.